The van der Waals surface area contributed by atoms with Crippen LogP contribution in [0.15, 0.2) is 0 Å². The Morgan fingerprint density at radius 3 is 2.22 bits per heavy atom. The van der Waals surface area contributed by atoms with Crippen molar-refractivity contribution in [3.63, 3.8) is 0 Å². The van der Waals surface area contributed by atoms with Crippen LogP contribution in [-0.4, -0.2) is 18.2 Å². The average molecular weight is 158 g/mol. The molecule has 0 saturated carbocycles. The summed E-state index contributed by atoms with van der Waals surface area (Å²) in [5.74, 6) is -6.19. The fraction of sp³-hybridized carbons (Fsp3) is 0.333. The standard InChI is InChI=1S/C3HClF2O3/c4-9-2(8)3(5,6)1-7/h1H. The van der Waals surface area contributed by atoms with E-state index in [9.17, 15) is 18.4 Å². The smallest absolute Gasteiger partial charge is 0.342 e. The maximum atomic E-state index is 11.6. The number of rotatable bonds is 2. The summed E-state index contributed by atoms with van der Waals surface area (Å²) >= 11 is 4.23. The predicted octanol–water partition coefficient (Wildman–Crippen LogP) is 0.518. The first-order valence-corrected chi connectivity index (χ1v) is 2.02. The summed E-state index contributed by atoms with van der Waals surface area (Å²) in [6, 6.07) is 0. The van der Waals surface area contributed by atoms with Crippen LogP contribution in [0.1, 0.15) is 0 Å². The summed E-state index contributed by atoms with van der Waals surface area (Å²) in [4.78, 5) is 19.0. The molecule has 0 aromatic carbocycles. The monoisotopic (exact) mass is 158 g/mol. The molecule has 0 aliphatic heterocycles. The molecular formula is C3HClF2O3. The van der Waals surface area contributed by atoms with Crippen LogP contribution >= 0.6 is 11.9 Å². The van der Waals surface area contributed by atoms with Gasteiger partial charge >= 0.3 is 11.9 Å². The highest BCUT2D eigenvalue weighted by Gasteiger charge is 2.40. The lowest BCUT2D eigenvalue weighted by Gasteiger charge is -2.00. The molecule has 0 aromatic heterocycles. The van der Waals surface area contributed by atoms with E-state index in [4.69, 9.17) is 0 Å². The van der Waals surface area contributed by atoms with Crippen LogP contribution in [0.2, 0.25) is 0 Å². The van der Waals surface area contributed by atoms with Crippen LogP contribution < -0.4 is 0 Å². The normalized spacial score (nSPS) is 10.6. The Kier molecular flexibility index (Phi) is 2.51. The van der Waals surface area contributed by atoms with E-state index in [0.717, 1.165) is 0 Å². The molecule has 0 bridgehead atoms. The van der Waals surface area contributed by atoms with Crippen LogP contribution in [0.5, 0.6) is 0 Å². The minimum Gasteiger partial charge on any atom is -0.342 e. The van der Waals surface area contributed by atoms with Crippen molar-refractivity contribution in [2.45, 2.75) is 5.92 Å². The molecule has 0 atom stereocenters. The second-order valence-electron chi connectivity index (χ2n) is 1.11. The van der Waals surface area contributed by atoms with Gasteiger partial charge in [-0.15, -0.1) is 0 Å². The molecule has 3 nitrogen and oxygen atoms in total. The van der Waals surface area contributed by atoms with Crippen LogP contribution in [0.3, 0.4) is 0 Å². The Balaban J connectivity index is 4.14. The Labute approximate surface area is 53.7 Å². The third kappa shape index (κ3) is 1.93. The molecule has 52 valence electrons. The number of hydrogen-bond acceptors (Lipinski definition) is 3. The van der Waals surface area contributed by atoms with Crippen LogP contribution in [-0.2, 0) is 13.9 Å². The number of hydrogen-bond donors (Lipinski definition) is 0. The van der Waals surface area contributed by atoms with Crippen molar-refractivity contribution in [1.29, 1.82) is 0 Å². The highest BCUT2D eigenvalue weighted by atomic mass is 35.5. The van der Waals surface area contributed by atoms with Crippen molar-refractivity contribution < 1.29 is 22.7 Å². The van der Waals surface area contributed by atoms with Gasteiger partial charge < -0.3 is 4.29 Å². The van der Waals surface area contributed by atoms with Gasteiger partial charge in [-0.25, -0.2) is 4.79 Å². The van der Waals surface area contributed by atoms with E-state index in [1.807, 2.05) is 0 Å². The number of carbonyl (C=O) groups excluding carboxylic acids is 2. The van der Waals surface area contributed by atoms with E-state index in [1.165, 1.54) is 0 Å². The third-order valence-electron chi connectivity index (χ3n) is 0.490. The quantitative estimate of drug-likeness (QED) is 0.435. The maximum absolute atomic E-state index is 11.6. The van der Waals surface area contributed by atoms with Gasteiger partial charge in [-0.3, -0.25) is 4.79 Å². The topological polar surface area (TPSA) is 43.4 Å². The molecule has 0 fully saturated rings. The van der Waals surface area contributed by atoms with Crippen molar-refractivity contribution in [1.82, 2.24) is 0 Å². The molecule has 0 aromatic rings. The molecule has 0 aliphatic carbocycles. The Morgan fingerprint density at radius 2 is 2.11 bits per heavy atom. The molecule has 0 rings (SSSR count). The van der Waals surface area contributed by atoms with E-state index < -0.39 is 18.2 Å². The predicted molar refractivity (Wildman–Crippen MR) is 23.0 cm³/mol. The zero-order chi connectivity index (χ0) is 7.49. The molecular weight excluding hydrogens is 157 g/mol. The Hall–Kier alpha value is -0.710. The van der Waals surface area contributed by atoms with Crippen molar-refractivity contribution in [3.05, 3.63) is 0 Å². The molecule has 0 aliphatic rings. The van der Waals surface area contributed by atoms with E-state index in [-0.39, 0.29) is 0 Å². The molecule has 6 heteroatoms. The first-order chi connectivity index (χ1) is 4.04. The van der Waals surface area contributed by atoms with Gasteiger partial charge in [-0.1, -0.05) is 0 Å². The maximum Gasteiger partial charge on any atom is 0.402 e. The van der Waals surface area contributed by atoms with E-state index in [2.05, 4.69) is 16.2 Å². The van der Waals surface area contributed by atoms with Gasteiger partial charge in [-0.05, 0) is 0 Å². The second-order valence-corrected chi connectivity index (χ2v) is 1.26. The van der Waals surface area contributed by atoms with E-state index in [0.29, 0.717) is 0 Å². The molecule has 0 amide bonds. The first-order valence-electron chi connectivity index (χ1n) is 1.71. The van der Waals surface area contributed by atoms with Crippen molar-refractivity contribution in [2.24, 2.45) is 0 Å². The third-order valence-corrected chi connectivity index (χ3v) is 0.630. The van der Waals surface area contributed by atoms with Crippen molar-refractivity contribution in [2.75, 3.05) is 0 Å². The largest absolute Gasteiger partial charge is 0.402 e. The minimum atomic E-state index is -4.12. The van der Waals surface area contributed by atoms with Crippen molar-refractivity contribution >= 4 is 24.1 Å². The van der Waals surface area contributed by atoms with E-state index >= 15 is 0 Å². The van der Waals surface area contributed by atoms with E-state index in [1.54, 1.807) is 0 Å². The molecule has 0 N–H and O–H groups in total. The molecule has 0 saturated heterocycles. The lowest BCUT2D eigenvalue weighted by Crippen LogP contribution is -2.30. The summed E-state index contributed by atoms with van der Waals surface area (Å²) in [5, 5.41) is 0. The summed E-state index contributed by atoms with van der Waals surface area (Å²) in [6.07, 6.45) is -0.849. The SMILES string of the molecule is O=CC(F)(F)C(=O)OCl. The van der Waals surface area contributed by atoms with Crippen LogP contribution in [0.25, 0.3) is 0 Å². The summed E-state index contributed by atoms with van der Waals surface area (Å²) < 4.78 is 26.3. The first kappa shape index (κ1) is 8.29. The Bertz CT molecular complexity index is 135. The van der Waals surface area contributed by atoms with Crippen molar-refractivity contribution in [3.8, 4) is 0 Å². The van der Waals surface area contributed by atoms with Gasteiger partial charge in [-0.2, -0.15) is 8.78 Å². The van der Waals surface area contributed by atoms with Gasteiger partial charge in [0.15, 0.2) is 0 Å². The number of alkyl halides is 2. The summed E-state index contributed by atoms with van der Waals surface area (Å²) in [7, 11) is 0. The summed E-state index contributed by atoms with van der Waals surface area (Å²) in [6.45, 7) is 0. The minimum absolute atomic E-state index is 0.849. The lowest BCUT2D eigenvalue weighted by molar-refractivity contribution is -0.163. The van der Waals surface area contributed by atoms with Gasteiger partial charge in [0.2, 0.25) is 6.29 Å². The molecule has 9 heavy (non-hydrogen) atoms. The van der Waals surface area contributed by atoms with Gasteiger partial charge in [0.1, 0.15) is 11.9 Å². The highest BCUT2D eigenvalue weighted by molar-refractivity contribution is 6.15. The number of aldehydes is 1. The fourth-order valence-corrected chi connectivity index (χ4v) is 0.202. The fourth-order valence-electron chi connectivity index (χ4n) is 0.0995. The van der Waals surface area contributed by atoms with Gasteiger partial charge in [0.25, 0.3) is 0 Å². The zero-order valence-corrected chi connectivity index (χ0v) is 4.69. The molecule has 0 spiro atoms. The highest BCUT2D eigenvalue weighted by Crippen LogP contribution is 2.11. The lowest BCUT2D eigenvalue weighted by atomic mass is 10.4. The molecule has 0 heterocycles. The van der Waals surface area contributed by atoms with Crippen LogP contribution in [0.4, 0.5) is 8.78 Å². The number of carbonyl (C=O) groups is 2. The number of halogens is 3. The average Bonchev–Trinajstić information content (AvgIpc) is 1.86. The summed E-state index contributed by atoms with van der Waals surface area (Å²) in [5.41, 5.74) is 0. The molecule has 0 radical (unpaired) electrons. The second kappa shape index (κ2) is 2.72. The zero-order valence-electron chi connectivity index (χ0n) is 3.94. The van der Waals surface area contributed by atoms with Gasteiger partial charge in [0.05, 0.1) is 0 Å². The Morgan fingerprint density at radius 1 is 1.67 bits per heavy atom. The van der Waals surface area contributed by atoms with Crippen LogP contribution in [0, 0.1) is 0 Å². The van der Waals surface area contributed by atoms with Gasteiger partial charge in [0, 0.05) is 0 Å². The molecule has 0 unspecified atom stereocenters.